The summed E-state index contributed by atoms with van der Waals surface area (Å²) in [5.74, 6) is 2.37. The van der Waals surface area contributed by atoms with E-state index in [0.717, 1.165) is 17.8 Å². The Labute approximate surface area is 106 Å². The molecule has 1 spiro atoms. The van der Waals surface area contributed by atoms with Gasteiger partial charge >= 0.3 is 0 Å². The first-order chi connectivity index (χ1) is 7.98. The second-order valence-electron chi connectivity index (χ2n) is 7.02. The number of epoxide rings is 1. The molecule has 5 atom stereocenters. The molecule has 1 heterocycles. The molecule has 3 rings (SSSR count). The van der Waals surface area contributed by atoms with E-state index < -0.39 is 0 Å². The van der Waals surface area contributed by atoms with Crippen LogP contribution in [0.3, 0.4) is 0 Å². The zero-order valence-electron chi connectivity index (χ0n) is 11.6. The fourth-order valence-electron chi connectivity index (χ4n) is 4.69. The molecule has 0 bridgehead atoms. The van der Waals surface area contributed by atoms with Crippen LogP contribution in [0, 0.1) is 17.8 Å². The molecule has 3 fully saturated rings. The first-order valence-corrected chi connectivity index (χ1v) is 7.34. The van der Waals surface area contributed by atoms with Gasteiger partial charge in [0.1, 0.15) is 5.60 Å². The van der Waals surface area contributed by atoms with Crippen molar-refractivity contribution in [3.05, 3.63) is 12.2 Å². The highest BCUT2D eigenvalue weighted by Crippen LogP contribution is 2.66. The first-order valence-electron chi connectivity index (χ1n) is 7.34. The number of hydrogen-bond donors (Lipinski definition) is 0. The van der Waals surface area contributed by atoms with Gasteiger partial charge in [0.2, 0.25) is 0 Å². The molecule has 0 unspecified atom stereocenters. The van der Waals surface area contributed by atoms with Gasteiger partial charge in [0, 0.05) is 0 Å². The molecule has 1 nitrogen and oxygen atoms in total. The van der Waals surface area contributed by atoms with E-state index in [0.29, 0.717) is 0 Å². The number of hydrogen-bond acceptors (Lipinski definition) is 1. The Morgan fingerprint density at radius 1 is 1.29 bits per heavy atom. The monoisotopic (exact) mass is 234 g/mol. The first kappa shape index (κ1) is 11.8. The molecule has 0 aromatic heterocycles. The summed E-state index contributed by atoms with van der Waals surface area (Å²) in [5.41, 5.74) is 1.88. The predicted molar refractivity (Wildman–Crippen MR) is 70.9 cm³/mol. The van der Waals surface area contributed by atoms with E-state index in [1.807, 2.05) is 0 Å². The van der Waals surface area contributed by atoms with Crippen molar-refractivity contribution in [1.29, 1.82) is 0 Å². The molecule has 1 saturated heterocycles. The van der Waals surface area contributed by atoms with Crippen molar-refractivity contribution in [2.75, 3.05) is 0 Å². The van der Waals surface area contributed by atoms with Crippen molar-refractivity contribution < 1.29 is 4.74 Å². The van der Waals surface area contributed by atoms with Crippen LogP contribution >= 0.6 is 0 Å². The fraction of sp³-hybridized carbons (Fsp3) is 0.875. The maximum atomic E-state index is 6.31. The van der Waals surface area contributed by atoms with E-state index in [9.17, 15) is 0 Å². The highest BCUT2D eigenvalue weighted by atomic mass is 16.6. The SMILES string of the molecule is C=C(C)[C@@H]1CCC[C@@]2(C)O[C@]23CC[C@H](C)[C@@H]3C1. The van der Waals surface area contributed by atoms with Crippen molar-refractivity contribution in [3.8, 4) is 0 Å². The standard InChI is InChI=1S/C16H26O/c1-11(2)13-6-5-8-15(4)16(17-15)9-7-12(3)14(16)10-13/h12-14H,1,5-10H2,2-4H3/t12-,13+,14-,15+,16-/m0/s1. The summed E-state index contributed by atoms with van der Waals surface area (Å²) in [5, 5.41) is 0. The summed E-state index contributed by atoms with van der Waals surface area (Å²) in [4.78, 5) is 0. The Morgan fingerprint density at radius 3 is 2.76 bits per heavy atom. The van der Waals surface area contributed by atoms with Crippen molar-refractivity contribution >= 4 is 0 Å². The van der Waals surface area contributed by atoms with Crippen molar-refractivity contribution in [1.82, 2.24) is 0 Å². The summed E-state index contributed by atoms with van der Waals surface area (Å²) in [7, 11) is 0. The lowest BCUT2D eigenvalue weighted by molar-refractivity contribution is 0.195. The minimum Gasteiger partial charge on any atom is -0.363 e. The molecule has 2 aliphatic carbocycles. The van der Waals surface area contributed by atoms with Crippen LogP contribution in [0.15, 0.2) is 12.2 Å². The Morgan fingerprint density at radius 2 is 2.06 bits per heavy atom. The molecule has 1 heteroatoms. The Balaban J connectivity index is 1.87. The molecule has 0 N–H and O–H groups in total. The van der Waals surface area contributed by atoms with Crippen LogP contribution in [-0.2, 0) is 4.74 Å². The predicted octanol–water partition coefficient (Wildman–Crippen LogP) is 4.33. The van der Waals surface area contributed by atoms with Crippen LogP contribution in [-0.4, -0.2) is 11.2 Å². The second kappa shape index (κ2) is 3.60. The maximum Gasteiger partial charge on any atom is 0.101 e. The minimum absolute atomic E-state index is 0.225. The third-order valence-electron chi connectivity index (χ3n) is 5.96. The van der Waals surface area contributed by atoms with Crippen LogP contribution in [0.4, 0.5) is 0 Å². The lowest BCUT2D eigenvalue weighted by Crippen LogP contribution is -2.33. The van der Waals surface area contributed by atoms with Gasteiger partial charge in [-0.15, -0.1) is 0 Å². The topological polar surface area (TPSA) is 12.5 Å². The van der Waals surface area contributed by atoms with Gasteiger partial charge in [0.05, 0.1) is 5.60 Å². The highest BCUT2D eigenvalue weighted by Gasteiger charge is 2.72. The molecule has 96 valence electrons. The Hall–Kier alpha value is -0.300. The quantitative estimate of drug-likeness (QED) is 0.486. The van der Waals surface area contributed by atoms with Crippen LogP contribution in [0.2, 0.25) is 0 Å². The van der Waals surface area contributed by atoms with E-state index >= 15 is 0 Å². The zero-order chi connectivity index (χ0) is 12.3. The summed E-state index contributed by atoms with van der Waals surface area (Å²) < 4.78 is 6.31. The van der Waals surface area contributed by atoms with Crippen LogP contribution in [0.1, 0.15) is 59.3 Å². The molecule has 17 heavy (non-hydrogen) atoms. The molecule has 3 aliphatic rings. The normalized spacial score (nSPS) is 53.2. The molecular formula is C16H26O. The Bertz CT molecular complexity index is 347. The summed E-state index contributed by atoms with van der Waals surface area (Å²) in [6, 6.07) is 0. The number of rotatable bonds is 1. The van der Waals surface area contributed by atoms with Gasteiger partial charge in [-0.1, -0.05) is 19.1 Å². The molecule has 0 aromatic carbocycles. The van der Waals surface area contributed by atoms with Crippen molar-refractivity contribution in [2.24, 2.45) is 17.8 Å². The molecule has 0 aromatic rings. The van der Waals surface area contributed by atoms with Gasteiger partial charge in [-0.05, 0) is 70.1 Å². The third kappa shape index (κ3) is 1.54. The van der Waals surface area contributed by atoms with E-state index in [-0.39, 0.29) is 11.2 Å². The maximum absolute atomic E-state index is 6.31. The van der Waals surface area contributed by atoms with E-state index in [1.54, 1.807) is 0 Å². The number of allylic oxidation sites excluding steroid dienone is 1. The van der Waals surface area contributed by atoms with Crippen molar-refractivity contribution in [2.45, 2.75) is 70.5 Å². The second-order valence-corrected chi connectivity index (χ2v) is 7.02. The smallest absolute Gasteiger partial charge is 0.101 e. The van der Waals surface area contributed by atoms with E-state index in [4.69, 9.17) is 4.74 Å². The average molecular weight is 234 g/mol. The fourth-order valence-corrected chi connectivity index (χ4v) is 4.69. The van der Waals surface area contributed by atoms with Crippen molar-refractivity contribution in [3.63, 3.8) is 0 Å². The highest BCUT2D eigenvalue weighted by molar-refractivity contribution is 5.21. The van der Waals surface area contributed by atoms with Gasteiger partial charge in [0.15, 0.2) is 0 Å². The molecular weight excluding hydrogens is 208 g/mol. The minimum atomic E-state index is 0.225. The number of ether oxygens (including phenoxy) is 1. The zero-order valence-corrected chi connectivity index (χ0v) is 11.6. The van der Waals surface area contributed by atoms with Crippen LogP contribution < -0.4 is 0 Å². The Kier molecular flexibility index (Phi) is 2.49. The van der Waals surface area contributed by atoms with Crippen LogP contribution in [0.5, 0.6) is 0 Å². The lowest BCUT2D eigenvalue weighted by atomic mass is 9.71. The lowest BCUT2D eigenvalue weighted by Gasteiger charge is -2.30. The van der Waals surface area contributed by atoms with Gasteiger partial charge in [-0.2, -0.15) is 0 Å². The molecule has 1 aliphatic heterocycles. The molecule has 0 amide bonds. The van der Waals surface area contributed by atoms with E-state index in [2.05, 4.69) is 27.4 Å². The average Bonchev–Trinajstić information content (AvgIpc) is 2.68. The summed E-state index contributed by atoms with van der Waals surface area (Å²) in [6.07, 6.45) is 7.90. The summed E-state index contributed by atoms with van der Waals surface area (Å²) >= 11 is 0. The largest absolute Gasteiger partial charge is 0.363 e. The molecule has 2 saturated carbocycles. The van der Waals surface area contributed by atoms with Gasteiger partial charge < -0.3 is 4.74 Å². The van der Waals surface area contributed by atoms with Gasteiger partial charge in [-0.25, -0.2) is 0 Å². The van der Waals surface area contributed by atoms with Gasteiger partial charge in [0.25, 0.3) is 0 Å². The van der Waals surface area contributed by atoms with E-state index in [1.165, 1.54) is 44.1 Å². The third-order valence-corrected chi connectivity index (χ3v) is 5.96. The van der Waals surface area contributed by atoms with Crippen LogP contribution in [0.25, 0.3) is 0 Å². The molecule has 0 radical (unpaired) electrons. The summed E-state index contributed by atoms with van der Waals surface area (Å²) in [6.45, 7) is 11.2. The van der Waals surface area contributed by atoms with Gasteiger partial charge in [-0.3, -0.25) is 0 Å².